The molecule has 3 rings (SSSR count). The van der Waals surface area contributed by atoms with Gasteiger partial charge in [0.05, 0.1) is 19.4 Å². The largest absolute Gasteiger partial charge is 0.496 e. The van der Waals surface area contributed by atoms with E-state index in [4.69, 9.17) is 9.47 Å². The number of carbonyl (C=O) groups excluding carboxylic acids is 1. The van der Waals surface area contributed by atoms with Crippen LogP contribution in [0.5, 0.6) is 11.6 Å². The second-order valence-electron chi connectivity index (χ2n) is 7.33. The maximum absolute atomic E-state index is 11.9. The quantitative estimate of drug-likeness (QED) is 0.410. The van der Waals surface area contributed by atoms with Crippen LogP contribution in [0.1, 0.15) is 28.8 Å². The van der Waals surface area contributed by atoms with Crippen LogP contribution in [-0.4, -0.2) is 60.2 Å². The fraction of sp³-hybridized carbons (Fsp3) is 0.333. The molecule has 0 bridgehead atoms. The molecule has 1 unspecified atom stereocenters. The monoisotopic (exact) mass is 467 g/mol. The topological polar surface area (TPSA) is 98.3 Å². The molecule has 1 amide bonds. The van der Waals surface area contributed by atoms with Gasteiger partial charge in [-0.05, 0) is 30.0 Å². The molecule has 174 valence electrons. The minimum absolute atomic E-state index is 0.122. The number of hydrogen-bond donors (Lipinski definition) is 2. The molecule has 0 aliphatic carbocycles. The smallest absolute Gasteiger partial charge is 0.251 e. The fourth-order valence-corrected chi connectivity index (χ4v) is 3.48. The van der Waals surface area contributed by atoms with Crippen LogP contribution in [0.25, 0.3) is 11.3 Å². The molecule has 8 nitrogen and oxygen atoms in total. The van der Waals surface area contributed by atoms with E-state index in [0.717, 1.165) is 22.6 Å². The van der Waals surface area contributed by atoms with E-state index in [9.17, 15) is 4.79 Å². The van der Waals surface area contributed by atoms with Gasteiger partial charge in [-0.1, -0.05) is 13.0 Å². The lowest BCUT2D eigenvalue weighted by atomic mass is 9.98. The molecular weight excluding hydrogens is 438 g/mol. The first-order valence-electron chi connectivity index (χ1n) is 10.6. The van der Waals surface area contributed by atoms with Crippen LogP contribution in [-0.2, 0) is 0 Å². The number of methoxy groups -OCH3 is 1. The molecule has 2 heterocycles. The molecular formula is C24H29N5O3S. The Hall–Kier alpha value is -3.33. The zero-order valence-electron chi connectivity index (χ0n) is 19.3. The summed E-state index contributed by atoms with van der Waals surface area (Å²) in [7, 11) is 3.21. The van der Waals surface area contributed by atoms with Gasteiger partial charge >= 0.3 is 0 Å². The Kier molecular flexibility index (Phi) is 8.88. The van der Waals surface area contributed by atoms with Gasteiger partial charge in [-0.25, -0.2) is 15.0 Å². The van der Waals surface area contributed by atoms with Crippen molar-refractivity contribution >= 4 is 23.5 Å². The third-order valence-corrected chi connectivity index (χ3v) is 5.65. The van der Waals surface area contributed by atoms with E-state index >= 15 is 0 Å². The van der Waals surface area contributed by atoms with Gasteiger partial charge in [0, 0.05) is 54.7 Å². The Morgan fingerprint density at radius 1 is 1.15 bits per heavy atom. The normalized spacial score (nSPS) is 11.5. The van der Waals surface area contributed by atoms with Crippen LogP contribution < -0.4 is 20.1 Å². The summed E-state index contributed by atoms with van der Waals surface area (Å²) < 4.78 is 11.1. The van der Waals surface area contributed by atoms with E-state index in [0.29, 0.717) is 36.2 Å². The van der Waals surface area contributed by atoms with E-state index < -0.39 is 0 Å². The lowest BCUT2D eigenvalue weighted by Gasteiger charge is -2.17. The van der Waals surface area contributed by atoms with E-state index in [1.165, 1.54) is 6.33 Å². The number of aromatic nitrogens is 3. The minimum Gasteiger partial charge on any atom is -0.496 e. The number of carbonyl (C=O) groups is 1. The van der Waals surface area contributed by atoms with Crippen molar-refractivity contribution in [2.24, 2.45) is 0 Å². The predicted octanol–water partition coefficient (Wildman–Crippen LogP) is 3.86. The number of thioether (sulfide) groups is 1. The highest BCUT2D eigenvalue weighted by Crippen LogP contribution is 2.28. The van der Waals surface area contributed by atoms with Gasteiger partial charge in [0.25, 0.3) is 5.91 Å². The van der Waals surface area contributed by atoms with Crippen molar-refractivity contribution in [1.82, 2.24) is 20.3 Å². The van der Waals surface area contributed by atoms with Crippen molar-refractivity contribution in [3.8, 4) is 22.9 Å². The van der Waals surface area contributed by atoms with Crippen LogP contribution in [0, 0.1) is 0 Å². The van der Waals surface area contributed by atoms with Crippen molar-refractivity contribution in [2.45, 2.75) is 12.8 Å². The van der Waals surface area contributed by atoms with E-state index in [1.807, 2.05) is 30.5 Å². The second-order valence-corrected chi connectivity index (χ2v) is 8.32. The van der Waals surface area contributed by atoms with Crippen molar-refractivity contribution in [1.29, 1.82) is 0 Å². The summed E-state index contributed by atoms with van der Waals surface area (Å²) in [5.41, 5.74) is 3.23. The van der Waals surface area contributed by atoms with Crippen LogP contribution in [0.15, 0.2) is 48.9 Å². The highest BCUT2D eigenvalue weighted by molar-refractivity contribution is 7.98. The number of nitrogens with one attached hydrogen (secondary N) is 2. The van der Waals surface area contributed by atoms with Crippen molar-refractivity contribution in [3.05, 3.63) is 60.0 Å². The Balaban J connectivity index is 1.65. The summed E-state index contributed by atoms with van der Waals surface area (Å²) >= 11 is 1.73. The van der Waals surface area contributed by atoms with Crippen LogP contribution in [0.3, 0.4) is 0 Å². The Morgan fingerprint density at radius 3 is 2.70 bits per heavy atom. The Labute approximate surface area is 198 Å². The number of pyridine rings is 1. The lowest BCUT2D eigenvalue weighted by molar-refractivity contribution is 0.0962. The molecule has 2 aromatic heterocycles. The summed E-state index contributed by atoms with van der Waals surface area (Å²) in [6, 6.07) is 11.2. The van der Waals surface area contributed by atoms with Gasteiger partial charge in [0.2, 0.25) is 5.88 Å². The molecule has 0 spiro atoms. The van der Waals surface area contributed by atoms with E-state index in [-0.39, 0.29) is 11.8 Å². The predicted molar refractivity (Wildman–Crippen MR) is 132 cm³/mol. The number of nitrogens with zero attached hydrogens (tertiary/aromatic N) is 3. The van der Waals surface area contributed by atoms with Gasteiger partial charge in [-0.2, -0.15) is 11.8 Å². The molecule has 0 aliphatic rings. The Bertz CT molecular complexity index is 1060. The molecule has 9 heteroatoms. The molecule has 0 aliphatic heterocycles. The molecule has 33 heavy (non-hydrogen) atoms. The SMILES string of the molecule is CNC(=O)c1ccc(C(C)CNc2cc(-c3ccc(OCCSC)nc3)ncn2)c(OC)c1. The summed E-state index contributed by atoms with van der Waals surface area (Å²) in [5, 5.41) is 5.99. The maximum Gasteiger partial charge on any atom is 0.251 e. The van der Waals surface area contributed by atoms with Gasteiger partial charge in [0.15, 0.2) is 0 Å². The molecule has 1 atom stereocenters. The van der Waals surface area contributed by atoms with Crippen LogP contribution in [0.2, 0.25) is 0 Å². The van der Waals surface area contributed by atoms with Gasteiger partial charge in [-0.15, -0.1) is 0 Å². The number of benzene rings is 1. The summed E-state index contributed by atoms with van der Waals surface area (Å²) in [4.78, 5) is 25.0. The Morgan fingerprint density at radius 2 is 2.00 bits per heavy atom. The van der Waals surface area contributed by atoms with Crippen molar-refractivity contribution < 1.29 is 14.3 Å². The molecule has 3 aromatic rings. The zero-order chi connectivity index (χ0) is 23.6. The first-order valence-corrected chi connectivity index (χ1v) is 12.0. The summed E-state index contributed by atoms with van der Waals surface area (Å²) in [5.74, 6) is 2.90. The summed E-state index contributed by atoms with van der Waals surface area (Å²) in [6.45, 7) is 3.35. The van der Waals surface area contributed by atoms with Gasteiger partial charge < -0.3 is 20.1 Å². The van der Waals surface area contributed by atoms with Crippen molar-refractivity contribution in [2.75, 3.05) is 44.6 Å². The third kappa shape index (κ3) is 6.58. The number of rotatable bonds is 11. The van der Waals surface area contributed by atoms with Gasteiger partial charge in [0.1, 0.15) is 17.9 Å². The average Bonchev–Trinajstić information content (AvgIpc) is 2.87. The zero-order valence-corrected chi connectivity index (χ0v) is 20.1. The molecule has 0 saturated heterocycles. The molecule has 0 fully saturated rings. The van der Waals surface area contributed by atoms with E-state index in [2.05, 4.69) is 32.5 Å². The van der Waals surface area contributed by atoms with Crippen LogP contribution in [0.4, 0.5) is 5.82 Å². The highest BCUT2D eigenvalue weighted by Gasteiger charge is 2.15. The van der Waals surface area contributed by atoms with E-state index in [1.54, 1.807) is 44.2 Å². The maximum atomic E-state index is 11.9. The third-order valence-electron chi connectivity index (χ3n) is 5.08. The molecule has 1 aromatic carbocycles. The highest BCUT2D eigenvalue weighted by atomic mass is 32.2. The lowest BCUT2D eigenvalue weighted by Crippen LogP contribution is -2.18. The molecule has 2 N–H and O–H groups in total. The minimum atomic E-state index is -0.145. The van der Waals surface area contributed by atoms with Crippen LogP contribution >= 0.6 is 11.8 Å². The average molecular weight is 468 g/mol. The second kappa shape index (κ2) is 12.1. The fourth-order valence-electron chi connectivity index (χ4n) is 3.23. The number of amides is 1. The van der Waals surface area contributed by atoms with Gasteiger partial charge in [-0.3, -0.25) is 4.79 Å². The molecule has 0 radical (unpaired) electrons. The standard InChI is InChI=1S/C24H29N5O3S/c1-16(19-7-5-17(24(30)25-2)11-21(19)31-3)13-26-22-12-20(28-15-29-22)18-6-8-23(27-14-18)32-9-10-33-4/h5-8,11-12,14-16H,9-10,13H2,1-4H3,(H,25,30)(H,26,28,29). The first kappa shape index (κ1) is 24.3. The number of hydrogen-bond acceptors (Lipinski definition) is 8. The summed E-state index contributed by atoms with van der Waals surface area (Å²) in [6.07, 6.45) is 5.33. The first-order chi connectivity index (χ1) is 16.0. The number of anilines is 1. The number of ether oxygens (including phenoxy) is 2. The van der Waals surface area contributed by atoms with Crippen molar-refractivity contribution in [3.63, 3.8) is 0 Å². The molecule has 0 saturated carbocycles.